The molecule has 1 aliphatic rings. The summed E-state index contributed by atoms with van der Waals surface area (Å²) >= 11 is 0. The summed E-state index contributed by atoms with van der Waals surface area (Å²) in [6.45, 7) is 3.93. The number of Topliss-reactive ketones (excluding diaryl/α,β-unsaturated/α-hetero) is 1. The highest BCUT2D eigenvalue weighted by Gasteiger charge is 2.31. The molecule has 2 heterocycles. The van der Waals surface area contributed by atoms with Gasteiger partial charge in [0, 0.05) is 12.6 Å². The Balaban J connectivity index is 2.17. The van der Waals surface area contributed by atoms with Gasteiger partial charge in [-0.2, -0.15) is 5.10 Å². The van der Waals surface area contributed by atoms with E-state index in [1.54, 1.807) is 17.8 Å². The minimum absolute atomic E-state index is 0.0526. The number of pyridine rings is 1. The molecule has 2 aromatic rings. The lowest BCUT2D eigenvalue weighted by Gasteiger charge is -2.13. The summed E-state index contributed by atoms with van der Waals surface area (Å²) in [5, 5.41) is 4.33. The largest absolute Gasteiger partial charge is 0.461 e. The van der Waals surface area contributed by atoms with Crippen LogP contribution in [-0.2, 0) is 11.2 Å². The van der Waals surface area contributed by atoms with Crippen LogP contribution < -0.4 is 0 Å². The van der Waals surface area contributed by atoms with Crippen LogP contribution in [0.25, 0.3) is 5.82 Å². The first-order valence-electron chi connectivity index (χ1n) is 7.37. The number of hydrogen-bond acceptors (Lipinski definition) is 5. The summed E-state index contributed by atoms with van der Waals surface area (Å²) in [4.78, 5) is 28.6. The van der Waals surface area contributed by atoms with Crippen LogP contribution in [0.3, 0.4) is 0 Å². The Kier molecular flexibility index (Phi) is 3.75. The van der Waals surface area contributed by atoms with Crippen molar-refractivity contribution in [2.75, 3.05) is 6.61 Å². The zero-order valence-electron chi connectivity index (χ0n) is 12.6. The van der Waals surface area contributed by atoms with E-state index in [2.05, 4.69) is 10.1 Å². The minimum Gasteiger partial charge on any atom is -0.461 e. The van der Waals surface area contributed by atoms with Crippen molar-refractivity contribution in [3.63, 3.8) is 0 Å². The van der Waals surface area contributed by atoms with Crippen molar-refractivity contribution >= 4 is 11.8 Å². The molecule has 0 fully saturated rings. The summed E-state index contributed by atoms with van der Waals surface area (Å²) in [5.74, 6) is 0.00473. The normalized spacial score (nSPS) is 13.8. The van der Waals surface area contributed by atoms with E-state index in [0.717, 1.165) is 17.7 Å². The van der Waals surface area contributed by atoms with Gasteiger partial charge in [0.25, 0.3) is 0 Å². The molecule has 1 aliphatic carbocycles. The van der Waals surface area contributed by atoms with Crippen LogP contribution in [0.15, 0.2) is 18.3 Å². The van der Waals surface area contributed by atoms with Gasteiger partial charge in [-0.15, -0.1) is 0 Å². The summed E-state index contributed by atoms with van der Waals surface area (Å²) in [7, 11) is 0. The lowest BCUT2D eigenvalue weighted by atomic mass is 9.94. The first kappa shape index (κ1) is 14.4. The molecule has 0 amide bonds. The van der Waals surface area contributed by atoms with E-state index in [9.17, 15) is 9.59 Å². The van der Waals surface area contributed by atoms with Crippen LogP contribution in [0.2, 0.25) is 0 Å². The molecule has 0 aromatic carbocycles. The third kappa shape index (κ3) is 2.41. The number of rotatable bonds is 3. The van der Waals surface area contributed by atoms with E-state index in [1.165, 1.54) is 0 Å². The molecule has 22 heavy (non-hydrogen) atoms. The SMILES string of the molecule is CCOC(=O)c1nn(-c2cc(C)ccn2)c2c1C(=O)CCC2. The molecular weight excluding hydrogens is 282 g/mol. The van der Waals surface area contributed by atoms with E-state index in [1.807, 2.05) is 19.1 Å². The Morgan fingerprint density at radius 1 is 1.41 bits per heavy atom. The van der Waals surface area contributed by atoms with Crippen LogP contribution >= 0.6 is 0 Å². The molecule has 0 radical (unpaired) electrons. The van der Waals surface area contributed by atoms with Crippen LogP contribution in [-0.4, -0.2) is 33.1 Å². The van der Waals surface area contributed by atoms with Crippen molar-refractivity contribution in [2.45, 2.75) is 33.1 Å². The molecule has 0 saturated carbocycles. The Morgan fingerprint density at radius 3 is 2.95 bits per heavy atom. The lowest BCUT2D eigenvalue weighted by molar-refractivity contribution is 0.0515. The predicted molar refractivity (Wildman–Crippen MR) is 79.3 cm³/mol. The Labute approximate surface area is 128 Å². The number of carbonyl (C=O) groups excluding carboxylic acids is 2. The topological polar surface area (TPSA) is 74.1 Å². The second kappa shape index (κ2) is 5.71. The maximum Gasteiger partial charge on any atom is 0.359 e. The maximum atomic E-state index is 12.2. The van der Waals surface area contributed by atoms with Crippen LogP contribution in [0.5, 0.6) is 0 Å². The van der Waals surface area contributed by atoms with Gasteiger partial charge in [-0.05, 0) is 44.4 Å². The first-order valence-corrected chi connectivity index (χ1v) is 7.37. The average molecular weight is 299 g/mol. The molecule has 0 unspecified atom stereocenters. The van der Waals surface area contributed by atoms with Gasteiger partial charge in [0.2, 0.25) is 0 Å². The molecular formula is C16H17N3O3. The van der Waals surface area contributed by atoms with Gasteiger partial charge in [0.15, 0.2) is 17.3 Å². The Hall–Kier alpha value is -2.50. The number of hydrogen-bond donors (Lipinski definition) is 0. The number of ketones is 1. The summed E-state index contributed by atoms with van der Waals surface area (Å²) < 4.78 is 6.63. The number of esters is 1. The molecule has 0 N–H and O–H groups in total. The Bertz CT molecular complexity index is 749. The van der Waals surface area contributed by atoms with Crippen LogP contribution in [0.4, 0.5) is 0 Å². The third-order valence-corrected chi connectivity index (χ3v) is 3.66. The van der Waals surface area contributed by atoms with Gasteiger partial charge in [-0.25, -0.2) is 14.5 Å². The number of fused-ring (bicyclic) bond motifs is 1. The van der Waals surface area contributed by atoms with Crippen LogP contribution in [0.1, 0.15) is 51.9 Å². The van der Waals surface area contributed by atoms with Gasteiger partial charge in [-0.3, -0.25) is 4.79 Å². The first-order chi connectivity index (χ1) is 10.6. The van der Waals surface area contributed by atoms with Crippen molar-refractivity contribution in [3.8, 4) is 5.82 Å². The lowest BCUT2D eigenvalue weighted by Crippen LogP contribution is -2.16. The minimum atomic E-state index is -0.555. The van der Waals surface area contributed by atoms with E-state index < -0.39 is 5.97 Å². The van der Waals surface area contributed by atoms with Gasteiger partial charge in [-0.1, -0.05) is 0 Å². The number of aromatic nitrogens is 3. The molecule has 0 aliphatic heterocycles. The Morgan fingerprint density at radius 2 is 2.23 bits per heavy atom. The number of nitrogens with zero attached hydrogens (tertiary/aromatic N) is 3. The summed E-state index contributed by atoms with van der Waals surface area (Å²) in [6, 6.07) is 3.76. The summed E-state index contributed by atoms with van der Waals surface area (Å²) in [6.07, 6.45) is 3.58. The molecule has 114 valence electrons. The van der Waals surface area contributed by atoms with Crippen molar-refractivity contribution < 1.29 is 14.3 Å². The molecule has 0 spiro atoms. The zero-order chi connectivity index (χ0) is 15.7. The van der Waals surface area contributed by atoms with Crippen molar-refractivity contribution in [3.05, 3.63) is 40.8 Å². The molecule has 6 heteroatoms. The number of carbonyl (C=O) groups is 2. The predicted octanol–water partition coefficient (Wildman–Crippen LogP) is 2.27. The molecule has 3 rings (SSSR count). The monoisotopic (exact) mass is 299 g/mol. The highest BCUT2D eigenvalue weighted by Crippen LogP contribution is 2.27. The highest BCUT2D eigenvalue weighted by atomic mass is 16.5. The standard InChI is InChI=1S/C16H17N3O3/c1-3-22-16(21)15-14-11(5-4-6-12(14)20)19(18-15)13-9-10(2)7-8-17-13/h7-9H,3-6H2,1-2H3. The molecule has 0 atom stereocenters. The quantitative estimate of drug-likeness (QED) is 0.813. The molecule has 0 saturated heterocycles. The van der Waals surface area contributed by atoms with Crippen LogP contribution in [0, 0.1) is 6.92 Å². The molecule has 6 nitrogen and oxygen atoms in total. The second-order valence-electron chi connectivity index (χ2n) is 5.27. The van der Waals surface area contributed by atoms with Crippen molar-refractivity contribution in [2.24, 2.45) is 0 Å². The van der Waals surface area contributed by atoms with E-state index >= 15 is 0 Å². The fraction of sp³-hybridized carbons (Fsp3) is 0.375. The van der Waals surface area contributed by atoms with E-state index in [-0.39, 0.29) is 18.1 Å². The average Bonchev–Trinajstić information content (AvgIpc) is 2.88. The van der Waals surface area contributed by atoms with Gasteiger partial charge in [0.1, 0.15) is 0 Å². The van der Waals surface area contributed by atoms with E-state index in [0.29, 0.717) is 24.2 Å². The third-order valence-electron chi connectivity index (χ3n) is 3.66. The fourth-order valence-corrected chi connectivity index (χ4v) is 2.69. The van der Waals surface area contributed by atoms with Crippen molar-refractivity contribution in [1.82, 2.24) is 14.8 Å². The van der Waals surface area contributed by atoms with Gasteiger partial charge < -0.3 is 4.74 Å². The number of ether oxygens (including phenoxy) is 1. The fourth-order valence-electron chi connectivity index (χ4n) is 2.69. The smallest absolute Gasteiger partial charge is 0.359 e. The second-order valence-corrected chi connectivity index (χ2v) is 5.27. The highest BCUT2D eigenvalue weighted by molar-refractivity contribution is 6.07. The number of aryl methyl sites for hydroxylation is 1. The zero-order valence-corrected chi connectivity index (χ0v) is 12.6. The maximum absolute atomic E-state index is 12.2. The van der Waals surface area contributed by atoms with Gasteiger partial charge in [0.05, 0.1) is 17.9 Å². The molecule has 2 aromatic heterocycles. The van der Waals surface area contributed by atoms with Crippen molar-refractivity contribution in [1.29, 1.82) is 0 Å². The van der Waals surface area contributed by atoms with E-state index in [4.69, 9.17) is 4.74 Å². The molecule has 0 bridgehead atoms. The summed E-state index contributed by atoms with van der Waals surface area (Å²) in [5.41, 5.74) is 2.28. The van der Waals surface area contributed by atoms with Gasteiger partial charge >= 0.3 is 5.97 Å².